The molecular formula is C12H11ClN2O. The van der Waals surface area contributed by atoms with Crippen molar-refractivity contribution in [2.24, 2.45) is 5.73 Å². The molecule has 0 saturated carbocycles. The lowest BCUT2D eigenvalue weighted by molar-refractivity contribution is 0.111. The highest BCUT2D eigenvalue weighted by Gasteiger charge is 2.04. The van der Waals surface area contributed by atoms with Crippen LogP contribution in [-0.2, 0) is 6.54 Å². The van der Waals surface area contributed by atoms with Crippen molar-refractivity contribution in [2.45, 2.75) is 6.54 Å². The number of carbonyl (C=O) groups excluding carboxylic acids is 1. The van der Waals surface area contributed by atoms with E-state index in [9.17, 15) is 4.79 Å². The molecule has 0 unspecified atom stereocenters. The predicted molar refractivity (Wildman–Crippen MR) is 64.1 cm³/mol. The van der Waals surface area contributed by atoms with E-state index in [4.69, 9.17) is 17.3 Å². The SMILES string of the molecule is NCc1ccc(-n2cccc2C=O)cc1Cl. The topological polar surface area (TPSA) is 48.0 Å². The highest BCUT2D eigenvalue weighted by molar-refractivity contribution is 6.31. The van der Waals surface area contributed by atoms with E-state index in [1.807, 2.05) is 24.4 Å². The molecule has 0 atom stereocenters. The van der Waals surface area contributed by atoms with Crippen LogP contribution in [0, 0.1) is 0 Å². The second-order valence-electron chi connectivity index (χ2n) is 3.40. The van der Waals surface area contributed by atoms with Gasteiger partial charge in [-0.1, -0.05) is 17.7 Å². The Bertz CT molecular complexity index is 519. The molecule has 1 aromatic heterocycles. The highest BCUT2D eigenvalue weighted by Crippen LogP contribution is 2.21. The average molecular weight is 235 g/mol. The minimum absolute atomic E-state index is 0.408. The van der Waals surface area contributed by atoms with E-state index in [1.54, 1.807) is 16.7 Å². The van der Waals surface area contributed by atoms with Crippen LogP contribution in [0.4, 0.5) is 0 Å². The summed E-state index contributed by atoms with van der Waals surface area (Å²) in [5, 5.41) is 0.616. The summed E-state index contributed by atoms with van der Waals surface area (Å²) < 4.78 is 1.78. The second kappa shape index (κ2) is 4.51. The van der Waals surface area contributed by atoms with Crippen molar-refractivity contribution in [3.63, 3.8) is 0 Å². The summed E-state index contributed by atoms with van der Waals surface area (Å²) >= 11 is 6.06. The Labute approximate surface area is 98.4 Å². The fourth-order valence-electron chi connectivity index (χ4n) is 1.58. The third kappa shape index (κ3) is 1.87. The molecule has 1 heterocycles. The van der Waals surface area contributed by atoms with Gasteiger partial charge in [0.25, 0.3) is 0 Å². The third-order valence-corrected chi connectivity index (χ3v) is 2.79. The Morgan fingerprint density at radius 1 is 1.38 bits per heavy atom. The lowest BCUT2D eigenvalue weighted by atomic mass is 10.2. The maximum atomic E-state index is 10.8. The smallest absolute Gasteiger partial charge is 0.166 e. The number of hydrogen-bond donors (Lipinski definition) is 1. The van der Waals surface area contributed by atoms with Crippen molar-refractivity contribution in [1.29, 1.82) is 0 Å². The van der Waals surface area contributed by atoms with Crippen LogP contribution >= 0.6 is 11.6 Å². The minimum atomic E-state index is 0.408. The number of nitrogens with zero attached hydrogens (tertiary/aromatic N) is 1. The molecule has 0 spiro atoms. The van der Waals surface area contributed by atoms with E-state index < -0.39 is 0 Å². The molecular weight excluding hydrogens is 224 g/mol. The highest BCUT2D eigenvalue weighted by atomic mass is 35.5. The van der Waals surface area contributed by atoms with Crippen LogP contribution in [-0.4, -0.2) is 10.9 Å². The molecule has 1 aromatic carbocycles. The Balaban J connectivity index is 2.49. The predicted octanol–water partition coefficient (Wildman–Crippen LogP) is 2.40. The van der Waals surface area contributed by atoms with Crippen molar-refractivity contribution in [3.05, 3.63) is 52.8 Å². The zero-order valence-electron chi connectivity index (χ0n) is 8.56. The van der Waals surface area contributed by atoms with Crippen molar-refractivity contribution >= 4 is 17.9 Å². The lowest BCUT2D eigenvalue weighted by Crippen LogP contribution is -2.01. The summed E-state index contributed by atoms with van der Waals surface area (Å²) in [6.07, 6.45) is 2.63. The number of aldehydes is 1. The normalized spacial score (nSPS) is 10.4. The summed E-state index contributed by atoms with van der Waals surface area (Å²) in [5.41, 5.74) is 7.87. The number of benzene rings is 1. The van der Waals surface area contributed by atoms with Crippen LogP contribution in [0.2, 0.25) is 5.02 Å². The van der Waals surface area contributed by atoms with Crippen LogP contribution in [0.3, 0.4) is 0 Å². The summed E-state index contributed by atoms with van der Waals surface area (Å²) in [4.78, 5) is 10.8. The van der Waals surface area contributed by atoms with Crippen molar-refractivity contribution in [3.8, 4) is 5.69 Å². The van der Waals surface area contributed by atoms with E-state index in [1.165, 1.54) is 0 Å². The number of aromatic nitrogens is 1. The molecule has 2 rings (SSSR count). The average Bonchev–Trinajstić information content (AvgIpc) is 2.77. The Morgan fingerprint density at radius 3 is 2.81 bits per heavy atom. The number of halogens is 1. The summed E-state index contributed by atoms with van der Waals surface area (Å²) in [5.74, 6) is 0. The first-order chi connectivity index (χ1) is 7.76. The van der Waals surface area contributed by atoms with Gasteiger partial charge in [0.1, 0.15) is 0 Å². The zero-order valence-corrected chi connectivity index (χ0v) is 9.32. The fraction of sp³-hybridized carbons (Fsp3) is 0.0833. The summed E-state index contributed by atoms with van der Waals surface area (Å²) in [7, 11) is 0. The summed E-state index contributed by atoms with van der Waals surface area (Å²) in [6, 6.07) is 9.12. The van der Waals surface area contributed by atoms with E-state index in [0.717, 1.165) is 17.5 Å². The zero-order chi connectivity index (χ0) is 11.5. The fourth-order valence-corrected chi connectivity index (χ4v) is 1.83. The minimum Gasteiger partial charge on any atom is -0.326 e. The number of carbonyl (C=O) groups is 1. The molecule has 16 heavy (non-hydrogen) atoms. The number of hydrogen-bond acceptors (Lipinski definition) is 2. The van der Waals surface area contributed by atoms with Gasteiger partial charge >= 0.3 is 0 Å². The van der Waals surface area contributed by atoms with Crippen LogP contribution in [0.25, 0.3) is 5.69 Å². The molecule has 82 valence electrons. The molecule has 2 aromatic rings. The molecule has 3 nitrogen and oxygen atoms in total. The van der Waals surface area contributed by atoms with Crippen molar-refractivity contribution in [1.82, 2.24) is 4.57 Å². The molecule has 0 aliphatic carbocycles. The summed E-state index contributed by atoms with van der Waals surface area (Å²) in [6.45, 7) is 0.408. The second-order valence-corrected chi connectivity index (χ2v) is 3.81. The maximum absolute atomic E-state index is 10.8. The quantitative estimate of drug-likeness (QED) is 0.829. The van der Waals surface area contributed by atoms with Crippen molar-refractivity contribution < 1.29 is 4.79 Å². The molecule has 4 heteroatoms. The van der Waals surface area contributed by atoms with Crippen LogP contribution in [0.5, 0.6) is 0 Å². The molecule has 2 N–H and O–H groups in total. The molecule has 0 saturated heterocycles. The van der Waals surface area contributed by atoms with Crippen LogP contribution < -0.4 is 5.73 Å². The lowest BCUT2D eigenvalue weighted by Gasteiger charge is -2.08. The van der Waals surface area contributed by atoms with Gasteiger partial charge in [-0.25, -0.2) is 0 Å². The first-order valence-corrected chi connectivity index (χ1v) is 5.25. The Hall–Kier alpha value is -1.58. The third-order valence-electron chi connectivity index (χ3n) is 2.44. The first kappa shape index (κ1) is 10.9. The van der Waals surface area contributed by atoms with Gasteiger partial charge in [0.15, 0.2) is 6.29 Å². The van der Waals surface area contributed by atoms with E-state index in [2.05, 4.69) is 0 Å². The van der Waals surface area contributed by atoms with E-state index >= 15 is 0 Å². The standard InChI is InChI=1S/C12H11ClN2O/c13-12-6-10(4-3-9(12)7-14)15-5-1-2-11(15)8-16/h1-6,8H,7,14H2. The van der Waals surface area contributed by atoms with Gasteiger partial charge in [0.05, 0.1) is 5.69 Å². The van der Waals surface area contributed by atoms with Crippen LogP contribution in [0.1, 0.15) is 16.1 Å². The van der Waals surface area contributed by atoms with Crippen LogP contribution in [0.15, 0.2) is 36.5 Å². The first-order valence-electron chi connectivity index (χ1n) is 4.87. The number of nitrogens with two attached hydrogens (primary N) is 1. The van der Waals surface area contributed by atoms with Gasteiger partial charge in [-0.05, 0) is 29.8 Å². The van der Waals surface area contributed by atoms with E-state index in [0.29, 0.717) is 17.3 Å². The molecule has 0 bridgehead atoms. The molecule has 0 fully saturated rings. The maximum Gasteiger partial charge on any atom is 0.166 e. The monoisotopic (exact) mass is 234 g/mol. The van der Waals surface area contributed by atoms with Gasteiger partial charge in [0.2, 0.25) is 0 Å². The largest absolute Gasteiger partial charge is 0.326 e. The van der Waals surface area contributed by atoms with Gasteiger partial charge in [-0.15, -0.1) is 0 Å². The van der Waals surface area contributed by atoms with Gasteiger partial charge in [-0.2, -0.15) is 0 Å². The molecule has 0 aliphatic rings. The Morgan fingerprint density at radius 2 is 2.19 bits per heavy atom. The van der Waals surface area contributed by atoms with E-state index in [-0.39, 0.29) is 0 Å². The molecule has 0 aliphatic heterocycles. The van der Waals surface area contributed by atoms with Crippen molar-refractivity contribution in [2.75, 3.05) is 0 Å². The molecule has 0 amide bonds. The Kier molecular flexibility index (Phi) is 3.08. The number of rotatable bonds is 3. The van der Waals surface area contributed by atoms with Gasteiger partial charge in [-0.3, -0.25) is 4.79 Å². The van der Waals surface area contributed by atoms with Gasteiger partial charge < -0.3 is 10.3 Å². The molecule has 0 radical (unpaired) electrons. The van der Waals surface area contributed by atoms with Gasteiger partial charge in [0, 0.05) is 23.5 Å².